The third-order valence-corrected chi connectivity index (χ3v) is 30.6. The van der Waals surface area contributed by atoms with Crippen LogP contribution in [0.1, 0.15) is 194 Å². The Kier molecular flexibility index (Phi) is 15.2. The first kappa shape index (κ1) is 65.6. The number of ether oxygens (including phenoxy) is 3. The molecule has 3 unspecified atom stereocenters. The van der Waals surface area contributed by atoms with Gasteiger partial charge in [-0.15, -0.1) is 0 Å². The van der Waals surface area contributed by atoms with E-state index in [0.29, 0.717) is 124 Å². The summed E-state index contributed by atoms with van der Waals surface area (Å²) in [5.74, 6) is 3.03. The second-order valence-corrected chi connectivity index (χ2v) is 40.8. The SMILES string of the molecule is [2H]C([2H])([2H])c1ccc(-c2c(C(C)(C)C)ccc3c2Oc2ncccc2C3(C)C([2H])([2H])[2H])cc1-c1cc(-n2c3ccccc3n3c4ccccc4nc23)ccc1C([2H])([2H])[2H].[2H]C([2H])([2H])c1ccc(-c2c(C)ccc3c2Oc2ccccc2C3(C)C([2H])([2H])[2H])cc1-c1cc(-c2c(C)ccc3c2oc2nc4ccccc4n23)ccc1C([2H])([2H])[2H].[2H]C([2H])([2H])c1ccc(-c2c(C)ccc3c2Oc2ccccc2C3(C)C([2H])([2H])[2H])cc1-c1cc(-c2c(C)ccc3c2sc2nc4ccccc4n23)ccc1C([2H])([2H])[2H]. The van der Waals surface area contributed by atoms with Crippen LogP contribution < -0.4 is 14.2 Å². The Balaban J connectivity index is 0.000000129. The van der Waals surface area contributed by atoms with Crippen molar-refractivity contribution in [2.24, 2.45) is 0 Å². The molecule has 0 amide bonds. The molecule has 3 aliphatic heterocycles. The number of aromatic nitrogens is 8. The van der Waals surface area contributed by atoms with Gasteiger partial charge < -0.3 is 18.6 Å². The molecule has 27 rings (SSSR count). The smallest absolute Gasteiger partial charge is 0.307 e. The minimum atomic E-state index is -2.65. The van der Waals surface area contributed by atoms with Crippen molar-refractivity contribution in [1.82, 2.24) is 37.7 Å². The average molecular weight is 1950 g/mol. The number of rotatable bonds is 9. The van der Waals surface area contributed by atoms with Crippen molar-refractivity contribution < 1.29 is 55.6 Å². The van der Waals surface area contributed by atoms with E-state index in [1.165, 1.54) is 24.3 Å². The predicted molar refractivity (Wildman–Crippen MR) is 603 cm³/mol. The maximum atomic E-state index is 8.80. The van der Waals surface area contributed by atoms with E-state index in [-0.39, 0.29) is 72.6 Å². The monoisotopic (exact) mass is 1940 g/mol. The predicted octanol–water partition coefficient (Wildman–Crippen LogP) is 35.8. The Bertz CT molecular complexity index is 10400. The molecule has 12 nitrogen and oxygen atoms in total. The summed E-state index contributed by atoms with van der Waals surface area (Å²) in [6.07, 6.45) is 1.55. The summed E-state index contributed by atoms with van der Waals surface area (Å²) in [7, 11) is 0. The number of fused-ring (bicyclic) bond motifs is 21. The first-order chi connectivity index (χ1) is 81.4. The third-order valence-electron chi connectivity index (χ3n) is 29.5. The highest BCUT2D eigenvalue weighted by Crippen LogP contribution is 2.58. The van der Waals surface area contributed by atoms with Gasteiger partial charge in [0.05, 0.1) is 59.9 Å². The lowest BCUT2D eigenvalue weighted by Gasteiger charge is -2.36. The van der Waals surface area contributed by atoms with Crippen LogP contribution in [0.4, 0.5) is 0 Å². The van der Waals surface area contributed by atoms with Crippen LogP contribution in [0.5, 0.6) is 34.6 Å². The van der Waals surface area contributed by atoms with E-state index in [0.717, 1.165) is 109 Å². The quantitative estimate of drug-likeness (QED) is 0.141. The zero-order valence-electron chi connectivity index (χ0n) is 108. The van der Waals surface area contributed by atoms with Crippen molar-refractivity contribution in [3.05, 3.63) is 428 Å². The number of imidazole rings is 4. The van der Waals surface area contributed by atoms with Gasteiger partial charge in [-0.25, -0.2) is 15.0 Å². The molecule has 0 N–H and O–H groups in total. The highest BCUT2D eigenvalue weighted by atomic mass is 32.1. The molecule has 0 fully saturated rings. The fourth-order valence-electron chi connectivity index (χ4n) is 22.1. The topological polar surface area (TPSA) is 111 Å². The molecule has 17 aromatic carbocycles. The molecule has 0 saturated carbocycles. The Morgan fingerprint density at radius 2 is 0.712 bits per heavy atom. The van der Waals surface area contributed by atoms with Crippen molar-refractivity contribution in [2.75, 3.05) is 0 Å². The number of para-hydroxylation sites is 10. The second kappa shape index (κ2) is 33.8. The lowest BCUT2D eigenvalue weighted by Crippen LogP contribution is -2.26. The molecule has 3 aliphatic rings. The van der Waals surface area contributed by atoms with Gasteiger partial charge in [0.15, 0.2) is 10.5 Å². The van der Waals surface area contributed by atoms with E-state index >= 15 is 0 Å². The van der Waals surface area contributed by atoms with Crippen LogP contribution in [-0.4, -0.2) is 37.7 Å². The van der Waals surface area contributed by atoms with Gasteiger partial charge in [0.1, 0.15) is 28.7 Å². The van der Waals surface area contributed by atoms with Crippen LogP contribution >= 0.6 is 11.3 Å². The zero-order valence-corrected chi connectivity index (χ0v) is 82.2. The summed E-state index contributed by atoms with van der Waals surface area (Å²) in [6.45, 7) is -4.23. The number of benzene rings is 17. The molecule has 0 spiro atoms. The van der Waals surface area contributed by atoms with E-state index in [9.17, 15) is 0 Å². The minimum Gasteiger partial charge on any atom is -0.456 e. The van der Waals surface area contributed by atoms with Crippen molar-refractivity contribution in [1.29, 1.82) is 0 Å². The van der Waals surface area contributed by atoms with Gasteiger partial charge in [0.2, 0.25) is 11.7 Å². The normalized spacial score (nSPS) is 19.1. The van der Waals surface area contributed by atoms with Crippen LogP contribution in [0.3, 0.4) is 0 Å². The number of oxazole rings is 1. The van der Waals surface area contributed by atoms with E-state index in [1.54, 1.807) is 202 Å². The molecule has 714 valence electrons. The van der Waals surface area contributed by atoms with Gasteiger partial charge in [-0.2, -0.15) is 4.98 Å². The molecule has 3 atom stereocenters. The Labute approximate surface area is 892 Å². The summed E-state index contributed by atoms with van der Waals surface area (Å²) in [6, 6.07) is 97.9. The highest BCUT2D eigenvalue weighted by Gasteiger charge is 2.42. The van der Waals surface area contributed by atoms with Crippen molar-refractivity contribution in [3.8, 4) is 129 Å². The Morgan fingerprint density at radius 3 is 1.25 bits per heavy atom. The van der Waals surface area contributed by atoms with E-state index in [1.807, 2.05) is 191 Å². The zero-order chi connectivity index (χ0) is 123. The number of hydrogen-bond donors (Lipinski definition) is 0. The largest absolute Gasteiger partial charge is 0.456 e. The van der Waals surface area contributed by atoms with Gasteiger partial charge in [-0.1, -0.05) is 280 Å². The lowest BCUT2D eigenvalue weighted by molar-refractivity contribution is 0.401. The Hall–Kier alpha value is -16.5. The summed E-state index contributed by atoms with van der Waals surface area (Å²) >= 11 is 1.55. The van der Waals surface area contributed by atoms with E-state index in [4.69, 9.17) is 70.6 Å². The van der Waals surface area contributed by atoms with Crippen LogP contribution in [0, 0.1) is 68.8 Å². The van der Waals surface area contributed by atoms with Gasteiger partial charge in [0, 0.05) is 126 Å². The number of nitrogens with zero attached hydrogens (tertiary/aromatic N) is 8. The summed E-state index contributed by atoms with van der Waals surface area (Å²) in [5.41, 5.74) is 19.6. The maximum absolute atomic E-state index is 8.80. The van der Waals surface area contributed by atoms with Crippen LogP contribution in [0.15, 0.2) is 338 Å². The van der Waals surface area contributed by atoms with Gasteiger partial charge >= 0.3 is 5.84 Å². The van der Waals surface area contributed by atoms with Crippen molar-refractivity contribution >= 4 is 93.4 Å². The summed E-state index contributed by atoms with van der Waals surface area (Å²) in [5, 5.41) is 0. The molecule has 24 aromatic rings. The van der Waals surface area contributed by atoms with E-state index in [2.05, 4.69) is 19.9 Å². The van der Waals surface area contributed by atoms with Crippen molar-refractivity contribution in [3.63, 3.8) is 0 Å². The van der Waals surface area contributed by atoms with Gasteiger partial charge in [-0.05, 0) is 318 Å². The molecule has 7 aromatic heterocycles. The standard InChI is InChI=1S/C45H40N4O.C44H36N2O2.C44H36N2OS/c1-27-18-20-29(40-33(44(3,4)5)22-23-34-41(40)50-42-35(45(34,6)7)13-12-24-46-42)25-31(27)32-26-30(21-19-28(32)2)48-38-16-10-11-17-39(38)49-37-15-9-8-14-36(37)47-43(48)49;2*1-25-15-19-29(39-27(3)17-21-34-41(39)47-38-14-10-7-11-33(38)44(34,5)6)23-31(25)32-24-30(20-16-26(32)2)40-28(4)18-22-37-42(40)48-43-45-35-12-8-9-13-36(35)46(37)43/h8-26H,1-7H3;2*7-24H,1-6H3/i1D3,2D3,6D3;2*1D3,2D3,5D3. The van der Waals surface area contributed by atoms with Gasteiger partial charge in [0.25, 0.3) is 0 Å². The maximum Gasteiger partial charge on any atom is 0.307 e. The van der Waals surface area contributed by atoms with Crippen molar-refractivity contribution in [2.45, 2.75) is 153 Å². The fraction of sp³-hybridized carbons (Fsp3) is 0.173. The fourth-order valence-corrected chi connectivity index (χ4v) is 23.4. The number of aryl methyl sites for hydroxylation is 10. The average Bonchev–Trinajstić information content (AvgIpc) is 1.06. The summed E-state index contributed by atoms with van der Waals surface area (Å²) in [4.78, 5) is 19.9. The molecule has 0 aliphatic carbocycles. The molecule has 0 saturated heterocycles. The lowest BCUT2D eigenvalue weighted by atomic mass is 9.72. The van der Waals surface area contributed by atoms with E-state index < -0.39 is 83.3 Å². The van der Waals surface area contributed by atoms with Gasteiger partial charge in [-0.3, -0.25) is 17.8 Å². The van der Waals surface area contributed by atoms with Crippen LogP contribution in [0.2, 0.25) is 0 Å². The number of pyridine rings is 1. The first-order valence-corrected chi connectivity index (χ1v) is 49.3. The molecule has 10 heterocycles. The number of thiazole rings is 1. The minimum absolute atomic E-state index is 0.00839. The summed E-state index contributed by atoms with van der Waals surface area (Å²) < 4.78 is 269. The molecular weight excluding hydrogens is 1810 g/mol. The molecule has 0 bridgehead atoms. The van der Waals surface area contributed by atoms with Crippen LogP contribution in [-0.2, 0) is 21.7 Å². The molecule has 13 heteroatoms. The number of hydrogen-bond acceptors (Lipinski definition) is 9. The molecular formula is C133H112N8O4S. The third kappa shape index (κ3) is 14.3. The first-order valence-electron chi connectivity index (χ1n) is 61.9. The highest BCUT2D eigenvalue weighted by molar-refractivity contribution is 7.24. The molecule has 146 heavy (non-hydrogen) atoms. The van der Waals surface area contributed by atoms with Crippen LogP contribution in [0.25, 0.3) is 177 Å². The second-order valence-electron chi connectivity index (χ2n) is 39.9. The Morgan fingerprint density at radius 1 is 0.315 bits per heavy atom. The molecule has 0 radical (unpaired) electrons.